The summed E-state index contributed by atoms with van der Waals surface area (Å²) >= 11 is 0. The van der Waals surface area contributed by atoms with Crippen molar-refractivity contribution in [1.82, 2.24) is 9.55 Å². The highest BCUT2D eigenvalue weighted by Crippen LogP contribution is 2.37. The van der Waals surface area contributed by atoms with Crippen LogP contribution >= 0.6 is 0 Å². The van der Waals surface area contributed by atoms with Crippen LogP contribution in [-0.2, 0) is 6.54 Å². The largest absolute Gasteiger partial charge is 0.330 e. The first-order chi connectivity index (χ1) is 9.20. The van der Waals surface area contributed by atoms with Crippen LogP contribution in [0.2, 0.25) is 0 Å². The minimum Gasteiger partial charge on any atom is -0.330 e. The highest BCUT2D eigenvalue weighted by atomic mass is 19.2. The number of aryl methyl sites for hydroxylation is 1. The molecule has 1 aliphatic rings. The summed E-state index contributed by atoms with van der Waals surface area (Å²) < 4.78 is 28.7. The maximum atomic E-state index is 13.4. The predicted octanol–water partition coefficient (Wildman–Crippen LogP) is 2.93. The molecule has 5 heteroatoms. The molecule has 2 N–H and O–H groups in total. The van der Waals surface area contributed by atoms with Gasteiger partial charge in [-0.05, 0) is 25.8 Å². The zero-order valence-corrected chi connectivity index (χ0v) is 10.7. The van der Waals surface area contributed by atoms with E-state index in [4.69, 9.17) is 5.73 Å². The van der Waals surface area contributed by atoms with Gasteiger partial charge < -0.3 is 10.3 Å². The topological polar surface area (TPSA) is 43.8 Å². The van der Waals surface area contributed by atoms with Gasteiger partial charge in [-0.3, -0.25) is 0 Å². The Morgan fingerprint density at radius 1 is 1.26 bits per heavy atom. The van der Waals surface area contributed by atoms with Gasteiger partial charge in [-0.25, -0.2) is 13.8 Å². The third kappa shape index (κ3) is 2.12. The molecule has 2 aromatic rings. The molecule has 0 aliphatic heterocycles. The van der Waals surface area contributed by atoms with Crippen molar-refractivity contribution in [3.63, 3.8) is 0 Å². The van der Waals surface area contributed by atoms with Gasteiger partial charge in [0, 0.05) is 24.6 Å². The second kappa shape index (κ2) is 4.89. The zero-order chi connectivity index (χ0) is 13.4. The van der Waals surface area contributed by atoms with E-state index in [0.29, 0.717) is 30.0 Å². The molecule has 0 radical (unpaired) electrons. The first-order valence-electron chi connectivity index (χ1n) is 6.76. The van der Waals surface area contributed by atoms with Crippen LogP contribution in [0, 0.1) is 11.6 Å². The van der Waals surface area contributed by atoms with Crippen molar-refractivity contribution < 1.29 is 8.78 Å². The summed E-state index contributed by atoms with van der Waals surface area (Å²) in [6, 6.07) is 2.43. The quantitative estimate of drug-likeness (QED) is 0.923. The van der Waals surface area contributed by atoms with E-state index < -0.39 is 11.6 Å². The number of hydrogen-bond acceptors (Lipinski definition) is 2. The summed E-state index contributed by atoms with van der Waals surface area (Å²) in [7, 11) is 0. The summed E-state index contributed by atoms with van der Waals surface area (Å²) in [5.74, 6) is -0.270. The lowest BCUT2D eigenvalue weighted by Crippen LogP contribution is -2.16. The Morgan fingerprint density at radius 3 is 2.63 bits per heavy atom. The van der Waals surface area contributed by atoms with E-state index in [9.17, 15) is 8.78 Å². The number of nitrogens with two attached hydrogens (primary N) is 1. The van der Waals surface area contributed by atoms with Crippen LogP contribution in [0.15, 0.2) is 12.1 Å². The molecule has 1 aromatic carbocycles. The fourth-order valence-corrected chi connectivity index (χ4v) is 2.60. The molecule has 1 aromatic heterocycles. The van der Waals surface area contributed by atoms with Crippen molar-refractivity contribution in [2.75, 3.05) is 6.54 Å². The fourth-order valence-electron chi connectivity index (χ4n) is 2.60. The second-order valence-corrected chi connectivity index (χ2v) is 5.15. The number of aromatic nitrogens is 2. The van der Waals surface area contributed by atoms with Crippen LogP contribution in [0.25, 0.3) is 11.0 Å². The van der Waals surface area contributed by atoms with E-state index >= 15 is 0 Å². The van der Waals surface area contributed by atoms with E-state index in [1.54, 1.807) is 0 Å². The molecule has 3 rings (SSSR count). The van der Waals surface area contributed by atoms with Crippen molar-refractivity contribution in [2.24, 2.45) is 5.73 Å². The number of hydrogen-bond donors (Lipinski definition) is 1. The monoisotopic (exact) mass is 265 g/mol. The molecule has 1 heterocycles. The molecule has 0 atom stereocenters. The molecular formula is C14H17F2N3. The number of imidazole rings is 1. The number of nitrogens with zero attached hydrogens (tertiary/aromatic N) is 2. The molecule has 1 fully saturated rings. The Labute approximate surface area is 110 Å². The van der Waals surface area contributed by atoms with Gasteiger partial charge in [0.1, 0.15) is 5.82 Å². The van der Waals surface area contributed by atoms with Crippen LogP contribution in [0.4, 0.5) is 8.78 Å². The molecule has 0 saturated heterocycles. The van der Waals surface area contributed by atoms with E-state index in [2.05, 4.69) is 4.98 Å². The second-order valence-electron chi connectivity index (χ2n) is 5.15. The molecule has 1 saturated carbocycles. The van der Waals surface area contributed by atoms with Crippen LogP contribution in [0.3, 0.4) is 0 Å². The van der Waals surface area contributed by atoms with E-state index in [1.807, 2.05) is 4.57 Å². The Kier molecular flexibility index (Phi) is 3.22. The van der Waals surface area contributed by atoms with Crippen molar-refractivity contribution in [3.05, 3.63) is 29.6 Å². The molecule has 3 nitrogen and oxygen atoms in total. The van der Waals surface area contributed by atoms with Crippen LogP contribution in [0.1, 0.15) is 37.4 Å². The number of halogens is 2. The maximum absolute atomic E-state index is 13.4. The molecule has 1 aliphatic carbocycles. The van der Waals surface area contributed by atoms with E-state index in [-0.39, 0.29) is 0 Å². The molecule has 102 valence electrons. The average Bonchev–Trinajstić information content (AvgIpc) is 2.63. The molecule has 19 heavy (non-hydrogen) atoms. The number of fused-ring (bicyclic) bond motifs is 1. The van der Waals surface area contributed by atoms with Crippen molar-refractivity contribution in [2.45, 2.75) is 38.1 Å². The van der Waals surface area contributed by atoms with E-state index in [0.717, 1.165) is 25.1 Å². The first-order valence-corrected chi connectivity index (χ1v) is 6.76. The Bertz CT molecular complexity index is 602. The third-order valence-corrected chi connectivity index (χ3v) is 3.88. The molecule has 0 unspecified atom stereocenters. The van der Waals surface area contributed by atoms with Gasteiger partial charge in [0.2, 0.25) is 0 Å². The summed E-state index contributed by atoms with van der Waals surface area (Å²) in [4.78, 5) is 4.51. The van der Waals surface area contributed by atoms with Crippen LogP contribution in [0.5, 0.6) is 0 Å². The molecule has 0 amide bonds. The summed E-state index contributed by atoms with van der Waals surface area (Å²) in [6.07, 6.45) is 4.23. The average molecular weight is 265 g/mol. The maximum Gasteiger partial charge on any atom is 0.161 e. The van der Waals surface area contributed by atoms with Gasteiger partial charge >= 0.3 is 0 Å². The molecular weight excluding hydrogens is 248 g/mol. The molecule has 0 bridgehead atoms. The van der Waals surface area contributed by atoms with Crippen molar-refractivity contribution in [1.29, 1.82) is 0 Å². The normalized spacial score (nSPS) is 15.9. The highest BCUT2D eigenvalue weighted by Gasteiger charge is 2.26. The van der Waals surface area contributed by atoms with Crippen molar-refractivity contribution in [3.8, 4) is 0 Å². The van der Waals surface area contributed by atoms with Crippen LogP contribution in [-0.4, -0.2) is 16.1 Å². The third-order valence-electron chi connectivity index (χ3n) is 3.88. The van der Waals surface area contributed by atoms with Gasteiger partial charge in [0.25, 0.3) is 0 Å². The Balaban J connectivity index is 2.11. The predicted molar refractivity (Wildman–Crippen MR) is 69.9 cm³/mol. The molecule has 0 spiro atoms. The van der Waals surface area contributed by atoms with Gasteiger partial charge in [-0.1, -0.05) is 6.42 Å². The number of benzene rings is 1. The van der Waals surface area contributed by atoms with Crippen molar-refractivity contribution >= 4 is 11.0 Å². The first kappa shape index (κ1) is 12.5. The Morgan fingerprint density at radius 2 is 2.00 bits per heavy atom. The SMILES string of the molecule is NCCCn1c(C2CCC2)nc2cc(F)c(F)cc21. The smallest absolute Gasteiger partial charge is 0.161 e. The summed E-state index contributed by atoms with van der Waals surface area (Å²) in [6.45, 7) is 1.29. The van der Waals surface area contributed by atoms with Gasteiger partial charge in [0.15, 0.2) is 11.6 Å². The highest BCUT2D eigenvalue weighted by molar-refractivity contribution is 5.76. The lowest BCUT2D eigenvalue weighted by atomic mass is 9.85. The van der Waals surface area contributed by atoms with Gasteiger partial charge in [-0.15, -0.1) is 0 Å². The number of rotatable bonds is 4. The van der Waals surface area contributed by atoms with Crippen LogP contribution < -0.4 is 5.73 Å². The van der Waals surface area contributed by atoms with Gasteiger partial charge in [-0.2, -0.15) is 0 Å². The lowest BCUT2D eigenvalue weighted by molar-refractivity contribution is 0.387. The lowest BCUT2D eigenvalue weighted by Gasteiger charge is -2.25. The standard InChI is InChI=1S/C14H17F2N3/c15-10-7-12-13(8-11(10)16)19(6-2-5-17)14(18-12)9-3-1-4-9/h7-9H,1-6,17H2. The van der Waals surface area contributed by atoms with E-state index in [1.165, 1.54) is 18.6 Å². The minimum absolute atomic E-state index is 0.427. The fraction of sp³-hybridized carbons (Fsp3) is 0.500. The zero-order valence-electron chi connectivity index (χ0n) is 10.7. The Hall–Kier alpha value is -1.49. The minimum atomic E-state index is -0.837. The summed E-state index contributed by atoms with van der Waals surface area (Å²) in [5.41, 5.74) is 6.76. The van der Waals surface area contributed by atoms with Gasteiger partial charge in [0.05, 0.1) is 11.0 Å². The summed E-state index contributed by atoms with van der Waals surface area (Å²) in [5, 5.41) is 0.